The van der Waals surface area contributed by atoms with Gasteiger partial charge in [0.15, 0.2) is 0 Å². The van der Waals surface area contributed by atoms with Crippen LogP contribution in [0.5, 0.6) is 0 Å². The number of hydrogen-bond acceptors (Lipinski definition) is 3. The van der Waals surface area contributed by atoms with Gasteiger partial charge in [-0.25, -0.2) is 4.79 Å². The van der Waals surface area contributed by atoms with Crippen LogP contribution < -0.4 is 5.73 Å². The molecule has 0 bridgehead atoms. The molecule has 0 radical (unpaired) electrons. The topological polar surface area (TPSA) is 79.5 Å². The average molecular weight is 237 g/mol. The third kappa shape index (κ3) is 3.42. The van der Waals surface area contributed by atoms with Gasteiger partial charge in [0.1, 0.15) is 0 Å². The van der Waals surface area contributed by atoms with Crippen molar-refractivity contribution in [2.45, 2.75) is 39.4 Å². The van der Waals surface area contributed by atoms with Crippen LogP contribution in [0.25, 0.3) is 0 Å². The summed E-state index contributed by atoms with van der Waals surface area (Å²) in [5, 5.41) is 9.20. The molecule has 1 amide bonds. The Morgan fingerprint density at radius 3 is 2.65 bits per heavy atom. The molecule has 94 valence electrons. The number of aromatic nitrogens is 1. The highest BCUT2D eigenvalue weighted by Crippen LogP contribution is 2.18. The number of rotatable bonds is 3. The zero-order chi connectivity index (χ0) is 13.1. The third-order valence-electron chi connectivity index (χ3n) is 2.55. The van der Waals surface area contributed by atoms with Gasteiger partial charge >= 0.3 is 6.09 Å². The van der Waals surface area contributed by atoms with Crippen molar-refractivity contribution in [3.8, 4) is 0 Å². The van der Waals surface area contributed by atoms with Gasteiger partial charge in [0.2, 0.25) is 0 Å². The Morgan fingerprint density at radius 2 is 2.18 bits per heavy atom. The average Bonchev–Trinajstić information content (AvgIpc) is 2.24. The zero-order valence-corrected chi connectivity index (χ0v) is 10.5. The molecule has 0 unspecified atom stereocenters. The standard InChI is InChI=1S/C12H19N3O2/c1-12(2,3)15(11(16)17)8-10-9(7-13)5-4-6-14-10/h4-6H,7-8,13H2,1-3H3,(H,16,17). The smallest absolute Gasteiger partial charge is 0.408 e. The highest BCUT2D eigenvalue weighted by atomic mass is 16.4. The van der Waals surface area contributed by atoms with E-state index in [9.17, 15) is 9.90 Å². The third-order valence-corrected chi connectivity index (χ3v) is 2.55. The van der Waals surface area contributed by atoms with Crippen LogP contribution in [-0.2, 0) is 13.1 Å². The van der Waals surface area contributed by atoms with E-state index in [4.69, 9.17) is 5.73 Å². The molecular weight excluding hydrogens is 218 g/mol. The van der Waals surface area contributed by atoms with Gasteiger partial charge in [0.25, 0.3) is 0 Å². The number of nitrogens with two attached hydrogens (primary N) is 1. The van der Waals surface area contributed by atoms with E-state index in [0.29, 0.717) is 12.2 Å². The molecule has 0 aliphatic rings. The maximum atomic E-state index is 11.2. The van der Waals surface area contributed by atoms with Crippen LogP contribution >= 0.6 is 0 Å². The maximum absolute atomic E-state index is 11.2. The van der Waals surface area contributed by atoms with Gasteiger partial charge in [-0.3, -0.25) is 9.88 Å². The summed E-state index contributed by atoms with van der Waals surface area (Å²) in [4.78, 5) is 16.8. The van der Waals surface area contributed by atoms with Crippen molar-refractivity contribution in [1.82, 2.24) is 9.88 Å². The molecular formula is C12H19N3O2. The van der Waals surface area contributed by atoms with E-state index in [1.54, 1.807) is 12.3 Å². The predicted octanol–water partition coefficient (Wildman–Crippen LogP) is 1.82. The highest BCUT2D eigenvalue weighted by molar-refractivity contribution is 5.66. The molecule has 17 heavy (non-hydrogen) atoms. The predicted molar refractivity (Wildman–Crippen MR) is 65.4 cm³/mol. The van der Waals surface area contributed by atoms with E-state index in [1.807, 2.05) is 26.8 Å². The van der Waals surface area contributed by atoms with E-state index >= 15 is 0 Å². The van der Waals surface area contributed by atoms with E-state index in [-0.39, 0.29) is 6.54 Å². The molecule has 0 aliphatic carbocycles. The van der Waals surface area contributed by atoms with Gasteiger partial charge in [-0.05, 0) is 32.4 Å². The fraction of sp³-hybridized carbons (Fsp3) is 0.500. The largest absolute Gasteiger partial charge is 0.465 e. The summed E-state index contributed by atoms with van der Waals surface area (Å²) in [5.41, 5.74) is 6.74. The van der Waals surface area contributed by atoms with Crippen LogP contribution in [0.15, 0.2) is 18.3 Å². The van der Waals surface area contributed by atoms with Crippen molar-refractivity contribution in [2.24, 2.45) is 5.73 Å². The Hall–Kier alpha value is -1.62. The molecule has 0 aromatic carbocycles. The molecule has 0 spiro atoms. The number of hydrogen-bond donors (Lipinski definition) is 2. The van der Waals surface area contributed by atoms with Crippen molar-refractivity contribution in [1.29, 1.82) is 0 Å². The van der Waals surface area contributed by atoms with Gasteiger partial charge in [0, 0.05) is 18.3 Å². The number of amides is 1. The molecule has 1 heterocycles. The van der Waals surface area contributed by atoms with Gasteiger partial charge in [-0.15, -0.1) is 0 Å². The molecule has 3 N–H and O–H groups in total. The first-order valence-electron chi connectivity index (χ1n) is 5.49. The summed E-state index contributed by atoms with van der Waals surface area (Å²) in [6.07, 6.45) is 0.697. The van der Waals surface area contributed by atoms with Crippen LogP contribution in [0.3, 0.4) is 0 Å². The molecule has 1 rings (SSSR count). The lowest BCUT2D eigenvalue weighted by Gasteiger charge is -2.33. The second kappa shape index (κ2) is 5.14. The second-order valence-corrected chi connectivity index (χ2v) is 4.85. The lowest BCUT2D eigenvalue weighted by molar-refractivity contribution is 0.0945. The van der Waals surface area contributed by atoms with Crippen LogP contribution in [0.1, 0.15) is 32.0 Å². The fourth-order valence-electron chi connectivity index (χ4n) is 1.54. The molecule has 1 aromatic rings. The summed E-state index contributed by atoms with van der Waals surface area (Å²) in [6.45, 7) is 6.18. The Labute approximate surface area is 101 Å². The zero-order valence-electron chi connectivity index (χ0n) is 10.5. The van der Waals surface area contributed by atoms with Crippen LogP contribution in [0.4, 0.5) is 4.79 Å². The minimum Gasteiger partial charge on any atom is -0.465 e. The normalized spacial score (nSPS) is 11.3. The SMILES string of the molecule is CC(C)(C)N(Cc1ncccc1CN)C(=O)O. The van der Waals surface area contributed by atoms with Crippen molar-refractivity contribution in [3.05, 3.63) is 29.6 Å². The lowest BCUT2D eigenvalue weighted by atomic mass is 10.1. The number of carboxylic acid groups (broad SMARTS) is 1. The van der Waals surface area contributed by atoms with E-state index < -0.39 is 11.6 Å². The van der Waals surface area contributed by atoms with Gasteiger partial charge < -0.3 is 10.8 Å². The first-order valence-corrected chi connectivity index (χ1v) is 5.49. The molecule has 0 fully saturated rings. The molecule has 0 aliphatic heterocycles. The summed E-state index contributed by atoms with van der Waals surface area (Å²) >= 11 is 0. The van der Waals surface area contributed by atoms with Crippen LogP contribution in [0, 0.1) is 0 Å². The second-order valence-electron chi connectivity index (χ2n) is 4.85. The quantitative estimate of drug-likeness (QED) is 0.840. The Bertz CT molecular complexity index is 399. The highest BCUT2D eigenvalue weighted by Gasteiger charge is 2.27. The van der Waals surface area contributed by atoms with Crippen molar-refractivity contribution >= 4 is 6.09 Å². The van der Waals surface area contributed by atoms with E-state index in [0.717, 1.165) is 5.56 Å². The van der Waals surface area contributed by atoms with Crippen molar-refractivity contribution in [3.63, 3.8) is 0 Å². The Morgan fingerprint density at radius 1 is 1.53 bits per heavy atom. The van der Waals surface area contributed by atoms with Crippen molar-refractivity contribution < 1.29 is 9.90 Å². The molecule has 5 heteroatoms. The van der Waals surface area contributed by atoms with Crippen LogP contribution in [0.2, 0.25) is 0 Å². The molecule has 5 nitrogen and oxygen atoms in total. The maximum Gasteiger partial charge on any atom is 0.408 e. The molecule has 0 saturated heterocycles. The summed E-state index contributed by atoms with van der Waals surface area (Å²) < 4.78 is 0. The number of pyridine rings is 1. The summed E-state index contributed by atoms with van der Waals surface area (Å²) in [7, 11) is 0. The molecule has 0 saturated carbocycles. The molecule has 0 atom stereocenters. The minimum atomic E-state index is -0.953. The van der Waals surface area contributed by atoms with Gasteiger partial charge in [-0.1, -0.05) is 6.07 Å². The van der Waals surface area contributed by atoms with E-state index in [2.05, 4.69) is 4.98 Å². The minimum absolute atomic E-state index is 0.256. The lowest BCUT2D eigenvalue weighted by Crippen LogP contribution is -2.44. The van der Waals surface area contributed by atoms with Gasteiger partial charge in [-0.2, -0.15) is 0 Å². The first-order chi connectivity index (χ1) is 7.86. The van der Waals surface area contributed by atoms with Gasteiger partial charge in [0.05, 0.1) is 12.2 Å². The Kier molecular flexibility index (Phi) is 4.07. The summed E-state index contributed by atoms with van der Waals surface area (Å²) in [6, 6.07) is 3.67. The van der Waals surface area contributed by atoms with E-state index in [1.165, 1.54) is 4.90 Å². The fourth-order valence-corrected chi connectivity index (χ4v) is 1.54. The number of nitrogens with zero attached hydrogens (tertiary/aromatic N) is 2. The Balaban J connectivity index is 2.98. The monoisotopic (exact) mass is 237 g/mol. The molecule has 1 aromatic heterocycles. The van der Waals surface area contributed by atoms with Crippen LogP contribution in [-0.4, -0.2) is 26.6 Å². The summed E-state index contributed by atoms with van der Waals surface area (Å²) in [5.74, 6) is 0. The van der Waals surface area contributed by atoms with Crippen molar-refractivity contribution in [2.75, 3.05) is 0 Å². The first kappa shape index (κ1) is 13.4. The number of carbonyl (C=O) groups is 1.